The van der Waals surface area contributed by atoms with Gasteiger partial charge in [0.2, 0.25) is 5.91 Å². The molecule has 0 saturated carbocycles. The predicted octanol–water partition coefficient (Wildman–Crippen LogP) is 3.52. The molecule has 0 bridgehead atoms. The zero-order chi connectivity index (χ0) is 22.3. The Hall–Kier alpha value is -2.67. The number of nitrogens with one attached hydrogen (secondary N) is 1. The molecular formula is C22H28ClN3O4. The highest BCUT2D eigenvalue weighted by Gasteiger charge is 2.27. The van der Waals surface area contributed by atoms with E-state index in [1.165, 1.54) is 24.5 Å². The number of carboxylic acid groups (broad SMARTS) is 1. The van der Waals surface area contributed by atoms with Gasteiger partial charge in [-0.25, -0.2) is 4.98 Å². The summed E-state index contributed by atoms with van der Waals surface area (Å²) in [6.07, 6.45) is 3.42. The van der Waals surface area contributed by atoms with E-state index in [-0.39, 0.29) is 18.6 Å². The Bertz CT molecular complexity index is 952. The number of hydrogen-bond acceptors (Lipinski definition) is 4. The number of aromatic nitrogens is 2. The van der Waals surface area contributed by atoms with Gasteiger partial charge >= 0.3 is 5.97 Å². The smallest absolute Gasteiger partial charge is 0.310 e. The van der Waals surface area contributed by atoms with Crippen molar-refractivity contribution in [2.75, 3.05) is 6.54 Å². The van der Waals surface area contributed by atoms with E-state index in [1.54, 1.807) is 24.3 Å². The second kappa shape index (κ2) is 10.4. The first-order valence-corrected chi connectivity index (χ1v) is 10.4. The predicted molar refractivity (Wildman–Crippen MR) is 117 cm³/mol. The Balaban J connectivity index is 2.28. The van der Waals surface area contributed by atoms with Crippen molar-refractivity contribution in [1.82, 2.24) is 14.9 Å². The van der Waals surface area contributed by atoms with Crippen LogP contribution in [0.4, 0.5) is 0 Å². The van der Waals surface area contributed by atoms with Gasteiger partial charge in [0.1, 0.15) is 12.4 Å². The summed E-state index contributed by atoms with van der Waals surface area (Å²) in [5, 5.41) is 12.4. The van der Waals surface area contributed by atoms with E-state index in [9.17, 15) is 19.5 Å². The lowest BCUT2D eigenvalue weighted by Gasteiger charge is -2.20. The third-order valence-electron chi connectivity index (χ3n) is 4.84. The van der Waals surface area contributed by atoms with Gasteiger partial charge < -0.3 is 10.4 Å². The van der Waals surface area contributed by atoms with Crippen molar-refractivity contribution in [2.24, 2.45) is 5.41 Å². The number of carbonyl (C=O) groups is 2. The molecule has 0 aliphatic heterocycles. The number of rotatable bonds is 10. The molecule has 7 nitrogen and oxygen atoms in total. The van der Waals surface area contributed by atoms with Crippen LogP contribution in [0.2, 0.25) is 5.02 Å². The maximum absolute atomic E-state index is 12.8. The summed E-state index contributed by atoms with van der Waals surface area (Å²) in [7, 11) is 0. The van der Waals surface area contributed by atoms with Crippen LogP contribution in [0.5, 0.6) is 0 Å². The van der Waals surface area contributed by atoms with Gasteiger partial charge in [0.05, 0.1) is 11.1 Å². The number of amides is 1. The van der Waals surface area contributed by atoms with Crippen molar-refractivity contribution >= 4 is 23.5 Å². The molecule has 2 rings (SSSR count). The van der Waals surface area contributed by atoms with Crippen LogP contribution in [0.15, 0.2) is 35.1 Å². The van der Waals surface area contributed by atoms with E-state index in [4.69, 9.17) is 11.6 Å². The summed E-state index contributed by atoms with van der Waals surface area (Å²) in [4.78, 5) is 41.1. The third-order valence-corrected chi connectivity index (χ3v) is 5.09. The molecule has 2 aromatic rings. The molecule has 8 heteroatoms. The van der Waals surface area contributed by atoms with Crippen molar-refractivity contribution in [1.29, 1.82) is 0 Å². The Kier molecular flexibility index (Phi) is 8.17. The van der Waals surface area contributed by atoms with Crippen LogP contribution in [-0.4, -0.2) is 33.1 Å². The highest BCUT2D eigenvalue weighted by molar-refractivity contribution is 6.30. The summed E-state index contributed by atoms with van der Waals surface area (Å²) in [5.41, 5.74) is -0.115. The molecule has 0 fully saturated rings. The van der Waals surface area contributed by atoms with E-state index in [0.29, 0.717) is 23.0 Å². The van der Waals surface area contributed by atoms with Crippen molar-refractivity contribution in [2.45, 2.75) is 53.0 Å². The fourth-order valence-corrected chi connectivity index (χ4v) is 2.94. The summed E-state index contributed by atoms with van der Waals surface area (Å²) in [6, 6.07) is 8.47. The quantitative estimate of drug-likeness (QED) is 0.558. The van der Waals surface area contributed by atoms with Gasteiger partial charge in [-0.3, -0.25) is 19.0 Å². The number of aliphatic carboxylic acids is 1. The van der Waals surface area contributed by atoms with E-state index in [1.807, 2.05) is 0 Å². The highest BCUT2D eigenvalue weighted by Crippen LogP contribution is 2.19. The number of carbonyl (C=O) groups excluding carboxylic acids is 1. The summed E-state index contributed by atoms with van der Waals surface area (Å²) >= 11 is 5.94. The van der Waals surface area contributed by atoms with Crippen LogP contribution in [0.25, 0.3) is 11.3 Å². The molecule has 1 aromatic carbocycles. The SMILES string of the molecule is CCCCCc1nc(-c2ccc(Cl)cc2)cc(=O)n1CC(=O)NCC(C)(C)C(=O)O. The first-order valence-electron chi connectivity index (χ1n) is 10.0. The van der Waals surface area contributed by atoms with Gasteiger partial charge in [0.25, 0.3) is 5.56 Å². The Morgan fingerprint density at radius 3 is 2.47 bits per heavy atom. The molecule has 2 N–H and O–H groups in total. The van der Waals surface area contributed by atoms with Crippen LogP contribution in [0.3, 0.4) is 0 Å². The van der Waals surface area contributed by atoms with Gasteiger partial charge in [-0.1, -0.05) is 43.5 Å². The van der Waals surface area contributed by atoms with E-state index < -0.39 is 17.3 Å². The van der Waals surface area contributed by atoms with Crippen molar-refractivity contribution < 1.29 is 14.7 Å². The zero-order valence-electron chi connectivity index (χ0n) is 17.6. The fourth-order valence-electron chi connectivity index (χ4n) is 2.81. The van der Waals surface area contributed by atoms with Gasteiger partial charge in [0.15, 0.2) is 0 Å². The van der Waals surface area contributed by atoms with Gasteiger partial charge in [-0.15, -0.1) is 0 Å². The lowest BCUT2D eigenvalue weighted by Crippen LogP contribution is -2.41. The molecule has 0 aliphatic carbocycles. The molecule has 1 amide bonds. The Morgan fingerprint density at radius 1 is 1.20 bits per heavy atom. The van der Waals surface area contributed by atoms with Crippen molar-refractivity contribution in [3.63, 3.8) is 0 Å². The van der Waals surface area contributed by atoms with E-state index in [0.717, 1.165) is 24.8 Å². The number of hydrogen-bond donors (Lipinski definition) is 2. The van der Waals surface area contributed by atoms with E-state index >= 15 is 0 Å². The Labute approximate surface area is 181 Å². The van der Waals surface area contributed by atoms with Crippen LogP contribution >= 0.6 is 11.6 Å². The number of aryl methyl sites for hydroxylation is 1. The van der Waals surface area contributed by atoms with Crippen LogP contribution < -0.4 is 10.9 Å². The molecule has 0 saturated heterocycles. The number of nitrogens with zero attached hydrogens (tertiary/aromatic N) is 2. The average molecular weight is 434 g/mol. The van der Waals surface area contributed by atoms with Crippen molar-refractivity contribution in [3.8, 4) is 11.3 Å². The van der Waals surface area contributed by atoms with Gasteiger partial charge in [-0.05, 0) is 32.4 Å². The molecule has 0 atom stereocenters. The first-order chi connectivity index (χ1) is 14.1. The fraction of sp³-hybridized carbons (Fsp3) is 0.455. The maximum atomic E-state index is 12.8. The minimum absolute atomic E-state index is 0.0304. The maximum Gasteiger partial charge on any atom is 0.310 e. The normalized spacial score (nSPS) is 11.3. The zero-order valence-corrected chi connectivity index (χ0v) is 18.3. The number of benzene rings is 1. The van der Waals surface area contributed by atoms with Gasteiger partial charge in [0, 0.05) is 29.6 Å². The molecule has 0 spiro atoms. The molecule has 1 heterocycles. The second-order valence-electron chi connectivity index (χ2n) is 7.91. The topological polar surface area (TPSA) is 101 Å². The third kappa shape index (κ3) is 6.42. The minimum Gasteiger partial charge on any atom is -0.481 e. The molecule has 30 heavy (non-hydrogen) atoms. The summed E-state index contributed by atoms with van der Waals surface area (Å²) in [6.45, 7) is 4.91. The minimum atomic E-state index is -1.10. The average Bonchev–Trinajstić information content (AvgIpc) is 2.69. The molecule has 0 radical (unpaired) electrons. The number of halogens is 1. The van der Waals surface area contributed by atoms with Crippen LogP contribution in [-0.2, 0) is 22.6 Å². The van der Waals surface area contributed by atoms with Crippen LogP contribution in [0, 0.1) is 5.41 Å². The standard InChI is InChI=1S/C22H28ClN3O4/c1-4-5-6-7-18-25-17(15-8-10-16(23)11-9-15)12-20(28)26(18)13-19(27)24-14-22(2,3)21(29)30/h8-12H,4-7,13-14H2,1-3H3,(H,24,27)(H,29,30). The second-order valence-corrected chi connectivity index (χ2v) is 8.35. The molecule has 0 aliphatic rings. The number of carboxylic acids is 1. The summed E-state index contributed by atoms with van der Waals surface area (Å²) in [5.74, 6) is -0.896. The lowest BCUT2D eigenvalue weighted by atomic mass is 9.94. The molecule has 1 aromatic heterocycles. The molecular weight excluding hydrogens is 406 g/mol. The first kappa shape index (κ1) is 23.6. The molecule has 162 valence electrons. The van der Waals surface area contributed by atoms with Crippen LogP contribution in [0.1, 0.15) is 45.9 Å². The summed E-state index contributed by atoms with van der Waals surface area (Å²) < 4.78 is 1.36. The largest absolute Gasteiger partial charge is 0.481 e. The van der Waals surface area contributed by atoms with Gasteiger partial charge in [-0.2, -0.15) is 0 Å². The monoisotopic (exact) mass is 433 g/mol. The highest BCUT2D eigenvalue weighted by atomic mass is 35.5. The van der Waals surface area contributed by atoms with Crippen molar-refractivity contribution in [3.05, 3.63) is 51.5 Å². The Morgan fingerprint density at radius 2 is 1.87 bits per heavy atom. The number of unbranched alkanes of at least 4 members (excludes halogenated alkanes) is 2. The molecule has 0 unspecified atom stereocenters. The van der Waals surface area contributed by atoms with E-state index in [2.05, 4.69) is 17.2 Å². The lowest BCUT2D eigenvalue weighted by molar-refractivity contribution is -0.146.